The largest absolute Gasteiger partial charge is 0.495 e. The molecule has 0 N–H and O–H groups in total. The third-order valence-corrected chi connectivity index (χ3v) is 6.15. The number of fused-ring (bicyclic) bond motifs is 2. The Bertz CT molecular complexity index is 969. The van der Waals surface area contributed by atoms with E-state index < -0.39 is 0 Å². The van der Waals surface area contributed by atoms with E-state index in [9.17, 15) is 4.79 Å². The molecule has 3 aromatic rings. The van der Waals surface area contributed by atoms with E-state index in [-0.39, 0.29) is 5.91 Å². The summed E-state index contributed by atoms with van der Waals surface area (Å²) >= 11 is 7.83. The van der Waals surface area contributed by atoms with Crippen molar-refractivity contribution in [3.8, 4) is 5.75 Å². The van der Waals surface area contributed by atoms with E-state index in [2.05, 4.69) is 11.9 Å². The summed E-state index contributed by atoms with van der Waals surface area (Å²) in [6.45, 7) is 3.88. The summed E-state index contributed by atoms with van der Waals surface area (Å²) in [5, 5.41) is 2.43. The van der Waals surface area contributed by atoms with Crippen LogP contribution < -0.4 is 4.74 Å². The van der Waals surface area contributed by atoms with Gasteiger partial charge in [0.2, 0.25) is 0 Å². The lowest BCUT2D eigenvalue weighted by Gasteiger charge is -2.30. The number of amides is 1. The molecule has 4 nitrogen and oxygen atoms in total. The fourth-order valence-electron chi connectivity index (χ4n) is 3.44. The number of carbonyl (C=O) groups excluding carboxylic acids is 1. The molecule has 1 saturated heterocycles. The van der Waals surface area contributed by atoms with E-state index in [1.54, 1.807) is 7.11 Å². The van der Waals surface area contributed by atoms with Gasteiger partial charge in [0.25, 0.3) is 5.91 Å². The summed E-state index contributed by atoms with van der Waals surface area (Å²) < 4.78 is 5.27. The van der Waals surface area contributed by atoms with Crippen LogP contribution in [-0.4, -0.2) is 36.0 Å². The van der Waals surface area contributed by atoms with Crippen LogP contribution in [0.25, 0.3) is 21.1 Å². The number of rotatable bonds is 2. The zero-order valence-electron chi connectivity index (χ0n) is 14.2. The Balaban J connectivity index is 1.75. The number of thiophene rings is 1. The lowest BCUT2D eigenvalue weighted by molar-refractivity contribution is 0.0688. The number of benzene rings is 1. The lowest BCUT2D eigenvalue weighted by Crippen LogP contribution is -2.38. The van der Waals surface area contributed by atoms with E-state index in [4.69, 9.17) is 16.3 Å². The summed E-state index contributed by atoms with van der Waals surface area (Å²) in [5.74, 6) is 1.29. The highest BCUT2D eigenvalue weighted by molar-refractivity contribution is 7.20. The Morgan fingerprint density at radius 1 is 1.36 bits per heavy atom. The Hall–Kier alpha value is -1.85. The standard InChI is InChI=1S/C19H19ClN2O2S/c1-11-4-3-7-22(10-11)19(23)15-9-13-8-12-5-6-14(24-2)16(20)17(12)21-18(13)25-15/h5-6,8-9,11H,3-4,7,10H2,1-2H3/t11-/m0/s1. The van der Waals surface area contributed by atoms with Crippen molar-refractivity contribution in [2.45, 2.75) is 19.8 Å². The monoisotopic (exact) mass is 374 g/mol. The summed E-state index contributed by atoms with van der Waals surface area (Å²) in [6.07, 6.45) is 2.28. The van der Waals surface area contributed by atoms with Crippen molar-refractivity contribution >= 4 is 50.0 Å². The van der Waals surface area contributed by atoms with Crippen LogP contribution in [0.15, 0.2) is 24.3 Å². The fraction of sp³-hybridized carbons (Fsp3) is 0.368. The predicted octanol–water partition coefficient (Wildman–Crippen LogP) is 4.98. The second-order valence-corrected chi connectivity index (χ2v) is 8.05. The van der Waals surface area contributed by atoms with Crippen LogP contribution in [-0.2, 0) is 0 Å². The molecule has 0 aliphatic carbocycles. The van der Waals surface area contributed by atoms with Crippen LogP contribution in [0, 0.1) is 5.92 Å². The van der Waals surface area contributed by atoms with E-state index in [1.165, 1.54) is 17.8 Å². The minimum atomic E-state index is 0.113. The van der Waals surface area contributed by atoms with Crippen molar-refractivity contribution in [2.75, 3.05) is 20.2 Å². The smallest absolute Gasteiger partial charge is 0.264 e. The van der Waals surface area contributed by atoms with Gasteiger partial charge in [-0.3, -0.25) is 4.79 Å². The molecule has 1 aliphatic rings. The van der Waals surface area contributed by atoms with Gasteiger partial charge < -0.3 is 9.64 Å². The molecular formula is C19H19ClN2O2S. The molecule has 1 amide bonds. The number of aromatic nitrogens is 1. The molecule has 0 bridgehead atoms. The number of nitrogens with zero attached hydrogens (tertiary/aromatic N) is 2. The van der Waals surface area contributed by atoms with Crippen LogP contribution in [0.2, 0.25) is 5.02 Å². The molecule has 6 heteroatoms. The molecule has 25 heavy (non-hydrogen) atoms. The van der Waals surface area contributed by atoms with Crippen LogP contribution in [0.4, 0.5) is 0 Å². The number of hydrogen-bond donors (Lipinski definition) is 0. The first-order valence-electron chi connectivity index (χ1n) is 8.43. The number of pyridine rings is 1. The van der Waals surface area contributed by atoms with Crippen molar-refractivity contribution in [2.24, 2.45) is 5.92 Å². The number of ether oxygens (including phenoxy) is 1. The van der Waals surface area contributed by atoms with E-state index >= 15 is 0 Å². The summed E-state index contributed by atoms with van der Waals surface area (Å²) in [4.78, 5) is 21.1. The number of methoxy groups -OCH3 is 1. The molecule has 1 aliphatic heterocycles. The molecule has 1 aromatic carbocycles. The van der Waals surface area contributed by atoms with Crippen molar-refractivity contribution in [1.29, 1.82) is 0 Å². The SMILES string of the molecule is COc1ccc2cc3cc(C(=O)N4CCC[C@H](C)C4)sc3nc2c1Cl. The van der Waals surface area contributed by atoms with Gasteiger partial charge in [0.15, 0.2) is 0 Å². The summed E-state index contributed by atoms with van der Waals surface area (Å²) in [6, 6.07) is 7.77. The van der Waals surface area contributed by atoms with Crippen molar-refractivity contribution in [1.82, 2.24) is 9.88 Å². The summed E-state index contributed by atoms with van der Waals surface area (Å²) in [7, 11) is 1.59. The Kier molecular flexibility index (Phi) is 4.29. The quantitative estimate of drug-likeness (QED) is 0.635. The van der Waals surface area contributed by atoms with E-state index in [0.717, 1.165) is 40.0 Å². The number of likely N-dealkylation sites (tertiary alicyclic amines) is 1. The predicted molar refractivity (Wildman–Crippen MR) is 103 cm³/mol. The maximum absolute atomic E-state index is 12.8. The molecule has 0 unspecified atom stereocenters. The lowest BCUT2D eigenvalue weighted by atomic mass is 10.0. The highest BCUT2D eigenvalue weighted by Crippen LogP contribution is 2.35. The van der Waals surface area contributed by atoms with Gasteiger partial charge in [-0.2, -0.15) is 0 Å². The average molecular weight is 375 g/mol. The third kappa shape index (κ3) is 2.96. The van der Waals surface area contributed by atoms with Gasteiger partial charge >= 0.3 is 0 Å². The van der Waals surface area contributed by atoms with Gasteiger partial charge in [0.1, 0.15) is 15.6 Å². The van der Waals surface area contributed by atoms with Gasteiger partial charge in [-0.1, -0.05) is 18.5 Å². The molecule has 130 valence electrons. The zero-order valence-corrected chi connectivity index (χ0v) is 15.8. The van der Waals surface area contributed by atoms with Gasteiger partial charge in [-0.05, 0) is 43.0 Å². The van der Waals surface area contributed by atoms with Crippen molar-refractivity contribution in [3.05, 3.63) is 34.2 Å². The van der Waals surface area contributed by atoms with Gasteiger partial charge in [0.05, 0.1) is 17.5 Å². The first kappa shape index (κ1) is 16.6. The topological polar surface area (TPSA) is 42.4 Å². The third-order valence-electron chi connectivity index (χ3n) is 4.75. The normalized spacial score (nSPS) is 18.0. The van der Waals surface area contributed by atoms with Gasteiger partial charge in [-0.15, -0.1) is 11.3 Å². The number of carbonyl (C=O) groups is 1. The van der Waals surface area contributed by atoms with Crippen molar-refractivity contribution < 1.29 is 9.53 Å². The Labute approximate surface area is 155 Å². The Morgan fingerprint density at radius 3 is 2.96 bits per heavy atom. The molecule has 4 rings (SSSR count). The molecule has 0 saturated carbocycles. The fourth-order valence-corrected chi connectivity index (χ4v) is 4.71. The molecule has 1 fully saturated rings. The maximum atomic E-state index is 12.8. The van der Waals surface area contributed by atoms with Crippen LogP contribution in [0.3, 0.4) is 0 Å². The number of halogens is 1. The van der Waals surface area contributed by atoms with Crippen LogP contribution in [0.1, 0.15) is 29.4 Å². The van der Waals surface area contributed by atoms with Crippen molar-refractivity contribution in [3.63, 3.8) is 0 Å². The number of piperidine rings is 1. The van der Waals surface area contributed by atoms with Crippen LogP contribution in [0.5, 0.6) is 5.75 Å². The molecule has 2 aromatic heterocycles. The second kappa shape index (κ2) is 6.46. The van der Waals surface area contributed by atoms with Crippen LogP contribution >= 0.6 is 22.9 Å². The number of hydrogen-bond acceptors (Lipinski definition) is 4. The molecular weight excluding hydrogens is 356 g/mol. The van der Waals surface area contributed by atoms with E-state index in [0.29, 0.717) is 22.2 Å². The minimum absolute atomic E-state index is 0.113. The van der Waals surface area contributed by atoms with Gasteiger partial charge in [0, 0.05) is 23.9 Å². The van der Waals surface area contributed by atoms with E-state index in [1.807, 2.05) is 29.2 Å². The molecule has 3 heterocycles. The average Bonchev–Trinajstić information content (AvgIpc) is 3.03. The van der Waals surface area contributed by atoms with Gasteiger partial charge in [-0.25, -0.2) is 4.98 Å². The molecule has 0 radical (unpaired) electrons. The first-order chi connectivity index (χ1) is 12.1. The summed E-state index contributed by atoms with van der Waals surface area (Å²) in [5.41, 5.74) is 0.709. The molecule has 1 atom stereocenters. The Morgan fingerprint density at radius 2 is 2.20 bits per heavy atom. The second-order valence-electron chi connectivity index (χ2n) is 6.65. The zero-order chi connectivity index (χ0) is 17.6. The maximum Gasteiger partial charge on any atom is 0.264 e. The highest BCUT2D eigenvalue weighted by atomic mass is 35.5. The minimum Gasteiger partial charge on any atom is -0.495 e. The first-order valence-corrected chi connectivity index (χ1v) is 9.62. The highest BCUT2D eigenvalue weighted by Gasteiger charge is 2.24. The molecule has 0 spiro atoms.